The van der Waals surface area contributed by atoms with Crippen molar-refractivity contribution in [2.45, 2.75) is 39.3 Å². The Balaban J connectivity index is 1.39. The number of nitrogen functional groups attached to an aromatic ring is 1. The van der Waals surface area contributed by atoms with E-state index in [0.29, 0.717) is 35.2 Å². The molecule has 38 heavy (non-hydrogen) atoms. The first-order valence-electron chi connectivity index (χ1n) is 12.5. The van der Waals surface area contributed by atoms with E-state index in [0.717, 1.165) is 22.4 Å². The maximum Gasteiger partial charge on any atom is 0.263 e. The number of rotatable bonds is 7. The van der Waals surface area contributed by atoms with Gasteiger partial charge in [-0.25, -0.2) is 9.50 Å². The highest BCUT2D eigenvalue weighted by Gasteiger charge is 2.39. The van der Waals surface area contributed by atoms with E-state index in [9.17, 15) is 9.59 Å². The molecule has 1 aliphatic heterocycles. The van der Waals surface area contributed by atoms with Gasteiger partial charge in [0.1, 0.15) is 5.56 Å². The van der Waals surface area contributed by atoms with Gasteiger partial charge in [-0.2, -0.15) is 5.10 Å². The van der Waals surface area contributed by atoms with E-state index in [1.165, 1.54) is 29.3 Å². The van der Waals surface area contributed by atoms with Crippen LogP contribution in [0, 0.1) is 12.8 Å². The summed E-state index contributed by atoms with van der Waals surface area (Å²) >= 11 is 1.44. The minimum Gasteiger partial charge on any atom is -0.381 e. The van der Waals surface area contributed by atoms with E-state index in [1.807, 2.05) is 36.3 Å². The summed E-state index contributed by atoms with van der Waals surface area (Å²) in [5.41, 5.74) is 11.9. The Morgan fingerprint density at radius 2 is 2.03 bits per heavy atom. The van der Waals surface area contributed by atoms with Gasteiger partial charge in [-0.3, -0.25) is 14.3 Å². The third-order valence-corrected chi connectivity index (χ3v) is 7.76. The first-order chi connectivity index (χ1) is 18.2. The summed E-state index contributed by atoms with van der Waals surface area (Å²) in [4.78, 5) is 33.4. The molecule has 11 nitrogen and oxygen atoms in total. The van der Waals surface area contributed by atoms with Gasteiger partial charge in [0, 0.05) is 43.8 Å². The molecule has 4 N–H and O–H groups in total. The predicted octanol–water partition coefficient (Wildman–Crippen LogP) is 3.72. The SMILES string of the molecule is CSNc1cc(-c2ccn3nc(N)c(C(=O)Nc4cn(C)nc4C)c3n2)cc2c1C(=O)N(C(C)C1CC1)C2. The van der Waals surface area contributed by atoms with Crippen LogP contribution in [-0.2, 0) is 13.6 Å². The first-order valence-corrected chi connectivity index (χ1v) is 13.7. The van der Waals surface area contributed by atoms with Crippen molar-refractivity contribution >= 4 is 46.6 Å². The highest BCUT2D eigenvalue weighted by Crippen LogP contribution is 2.41. The molecule has 6 rings (SSSR count). The molecule has 2 amide bonds. The van der Waals surface area contributed by atoms with Gasteiger partial charge in [0.15, 0.2) is 11.5 Å². The molecule has 1 unspecified atom stereocenters. The normalized spacial score (nSPS) is 15.7. The summed E-state index contributed by atoms with van der Waals surface area (Å²) in [7, 11) is 1.79. The van der Waals surface area contributed by atoms with Gasteiger partial charge in [0.25, 0.3) is 11.8 Å². The molecule has 12 heteroatoms. The van der Waals surface area contributed by atoms with Crippen LogP contribution in [-0.4, -0.2) is 53.4 Å². The number of aryl methyl sites for hydroxylation is 2. The zero-order valence-electron chi connectivity index (χ0n) is 21.6. The number of nitrogens with zero attached hydrogens (tertiary/aromatic N) is 6. The van der Waals surface area contributed by atoms with Crippen molar-refractivity contribution in [2.24, 2.45) is 13.0 Å². The number of carbonyl (C=O) groups is 2. The Morgan fingerprint density at radius 1 is 1.24 bits per heavy atom. The standard InChI is InChI=1S/C26H29N9O2S/c1-13-20(12-33(3)30-13)29-25(36)22-23(27)31-35-8-7-18(28-24(22)35)16-9-17-11-34(14(2)15-5-6-15)26(37)21(17)19(10-16)32-38-4/h7-10,12,14-15,32H,5-6,11H2,1-4H3,(H2,27,31)(H,29,36). The fourth-order valence-electron chi connectivity index (χ4n) is 5.21. The largest absolute Gasteiger partial charge is 0.381 e. The highest BCUT2D eigenvalue weighted by molar-refractivity contribution is 7.99. The van der Waals surface area contributed by atoms with Crippen molar-refractivity contribution in [3.05, 3.63) is 53.0 Å². The van der Waals surface area contributed by atoms with Gasteiger partial charge < -0.3 is 20.7 Å². The van der Waals surface area contributed by atoms with Gasteiger partial charge in [0.05, 0.1) is 28.3 Å². The lowest BCUT2D eigenvalue weighted by Gasteiger charge is -2.24. The molecule has 1 saturated carbocycles. The van der Waals surface area contributed by atoms with E-state index in [4.69, 9.17) is 10.7 Å². The number of nitrogens with one attached hydrogen (secondary N) is 2. The number of nitrogens with two attached hydrogens (primary N) is 1. The third kappa shape index (κ3) is 4.05. The molecule has 0 bridgehead atoms. The average Bonchev–Trinajstić information content (AvgIpc) is 3.51. The number of amides is 2. The zero-order chi connectivity index (χ0) is 26.7. The quantitative estimate of drug-likeness (QED) is 0.307. The second-order valence-corrected chi connectivity index (χ2v) is 10.6. The topological polar surface area (TPSA) is 135 Å². The number of hydrogen-bond donors (Lipinski definition) is 3. The van der Waals surface area contributed by atoms with Gasteiger partial charge >= 0.3 is 0 Å². The molecule has 0 spiro atoms. The van der Waals surface area contributed by atoms with E-state index >= 15 is 0 Å². The van der Waals surface area contributed by atoms with Crippen molar-refractivity contribution < 1.29 is 9.59 Å². The minimum absolute atomic E-state index is 0.0686. The number of aromatic nitrogens is 5. The number of benzene rings is 1. The highest BCUT2D eigenvalue weighted by atomic mass is 32.2. The van der Waals surface area contributed by atoms with Gasteiger partial charge in [0.2, 0.25) is 0 Å². The summed E-state index contributed by atoms with van der Waals surface area (Å²) in [6.07, 6.45) is 7.75. The van der Waals surface area contributed by atoms with E-state index in [1.54, 1.807) is 24.1 Å². The summed E-state index contributed by atoms with van der Waals surface area (Å²) in [5, 5.41) is 11.4. The fraction of sp³-hybridized carbons (Fsp3) is 0.346. The van der Waals surface area contributed by atoms with Gasteiger partial charge in [-0.05, 0) is 56.4 Å². The summed E-state index contributed by atoms with van der Waals surface area (Å²) in [6.45, 7) is 4.53. The molecule has 1 fully saturated rings. The van der Waals surface area contributed by atoms with E-state index in [-0.39, 0.29) is 23.3 Å². The van der Waals surface area contributed by atoms with Crippen LogP contribution in [0.5, 0.6) is 0 Å². The lowest BCUT2D eigenvalue weighted by atomic mass is 10.0. The zero-order valence-corrected chi connectivity index (χ0v) is 22.5. The lowest BCUT2D eigenvalue weighted by molar-refractivity contribution is 0.0698. The molecule has 0 radical (unpaired) electrons. The number of anilines is 3. The Kier molecular flexibility index (Phi) is 5.78. The van der Waals surface area contributed by atoms with Gasteiger partial charge in [-0.1, -0.05) is 11.9 Å². The molecule has 0 saturated heterocycles. The van der Waals surface area contributed by atoms with Crippen molar-refractivity contribution in [2.75, 3.05) is 22.0 Å². The number of carbonyl (C=O) groups excluding carboxylic acids is 2. The second-order valence-electron chi connectivity index (χ2n) is 9.97. The summed E-state index contributed by atoms with van der Waals surface area (Å²) in [5.74, 6) is 0.329. The lowest BCUT2D eigenvalue weighted by Crippen LogP contribution is -2.34. The van der Waals surface area contributed by atoms with Gasteiger partial charge in [-0.15, -0.1) is 5.10 Å². The summed E-state index contributed by atoms with van der Waals surface area (Å²) < 4.78 is 6.42. The summed E-state index contributed by atoms with van der Waals surface area (Å²) in [6, 6.07) is 6.01. The Bertz CT molecular complexity index is 1600. The average molecular weight is 532 g/mol. The monoisotopic (exact) mass is 531 g/mol. The molecule has 1 aromatic carbocycles. The number of hydrogen-bond acceptors (Lipinski definition) is 8. The van der Waals surface area contributed by atoms with Crippen LogP contribution in [0.15, 0.2) is 30.6 Å². The van der Waals surface area contributed by atoms with Crippen LogP contribution < -0.4 is 15.8 Å². The Labute approximate surface area is 223 Å². The molecular formula is C26H29N9O2S. The van der Waals surface area contributed by atoms with Crippen LogP contribution in [0.1, 0.15) is 51.7 Å². The van der Waals surface area contributed by atoms with Crippen molar-refractivity contribution in [1.29, 1.82) is 0 Å². The molecular weight excluding hydrogens is 502 g/mol. The van der Waals surface area contributed by atoms with Crippen LogP contribution in [0.3, 0.4) is 0 Å². The van der Waals surface area contributed by atoms with Crippen molar-refractivity contribution in [3.8, 4) is 11.3 Å². The molecule has 2 aliphatic rings. The van der Waals surface area contributed by atoms with E-state index < -0.39 is 5.91 Å². The Morgan fingerprint density at radius 3 is 2.71 bits per heavy atom. The molecule has 196 valence electrons. The third-order valence-electron chi connectivity index (χ3n) is 7.34. The maximum atomic E-state index is 13.4. The fourth-order valence-corrected chi connectivity index (χ4v) is 5.59. The molecule has 4 aromatic rings. The Hall–Kier alpha value is -4.06. The van der Waals surface area contributed by atoms with Crippen LogP contribution in [0.25, 0.3) is 16.9 Å². The van der Waals surface area contributed by atoms with Crippen LogP contribution in [0.2, 0.25) is 0 Å². The number of fused-ring (bicyclic) bond motifs is 2. The first kappa shape index (κ1) is 24.3. The maximum absolute atomic E-state index is 13.4. The molecule has 1 atom stereocenters. The van der Waals surface area contributed by atoms with Crippen molar-refractivity contribution in [1.82, 2.24) is 29.3 Å². The molecule has 4 heterocycles. The minimum atomic E-state index is -0.410. The van der Waals surface area contributed by atoms with Crippen LogP contribution in [0.4, 0.5) is 17.2 Å². The smallest absolute Gasteiger partial charge is 0.263 e. The molecule has 1 aliphatic carbocycles. The van der Waals surface area contributed by atoms with Crippen LogP contribution >= 0.6 is 11.9 Å². The second kappa shape index (κ2) is 9.05. The molecule has 3 aromatic heterocycles. The van der Waals surface area contributed by atoms with Crippen molar-refractivity contribution in [3.63, 3.8) is 0 Å². The predicted molar refractivity (Wildman–Crippen MR) is 148 cm³/mol. The van der Waals surface area contributed by atoms with E-state index in [2.05, 4.69) is 27.2 Å².